The fraction of sp³-hybridized carbons (Fsp3) is 0.0690. The lowest BCUT2D eigenvalue weighted by molar-refractivity contribution is 0.872. The largest absolute Gasteiger partial charge is 0.381 e. The summed E-state index contributed by atoms with van der Waals surface area (Å²) in [7, 11) is 0. The van der Waals surface area contributed by atoms with Crippen LogP contribution in [0.5, 0.6) is 0 Å². The average molecular weight is 457 g/mol. The van der Waals surface area contributed by atoms with Gasteiger partial charge in [-0.05, 0) is 60.5 Å². The molecule has 170 valence electrons. The Balaban J connectivity index is 1.22. The summed E-state index contributed by atoms with van der Waals surface area (Å²) in [5.41, 5.74) is 9.50. The van der Waals surface area contributed by atoms with Crippen LogP contribution in [0, 0.1) is 6.92 Å². The highest BCUT2D eigenvalue weighted by Gasteiger charge is 2.09. The maximum Gasteiger partial charge on any atom is 0.137 e. The number of nitrogens with one attached hydrogen (secondary N) is 2. The molecule has 0 bridgehead atoms. The Bertz CT molecular complexity index is 1610. The first-order chi connectivity index (χ1) is 17.2. The van der Waals surface area contributed by atoms with Crippen molar-refractivity contribution in [3.8, 4) is 28.1 Å². The Morgan fingerprint density at radius 1 is 0.857 bits per heavy atom. The van der Waals surface area contributed by atoms with Gasteiger partial charge in [0.2, 0.25) is 0 Å². The maximum atomic E-state index is 4.64. The molecule has 0 radical (unpaired) electrons. The van der Waals surface area contributed by atoms with Crippen molar-refractivity contribution < 1.29 is 0 Å². The highest BCUT2D eigenvalue weighted by molar-refractivity contribution is 5.81. The molecule has 0 aliphatic heterocycles. The number of hydrogen-bond acceptors (Lipinski definition) is 4. The zero-order valence-electron chi connectivity index (χ0n) is 19.3. The monoisotopic (exact) mass is 456 g/mol. The van der Waals surface area contributed by atoms with Gasteiger partial charge in [0.1, 0.15) is 5.65 Å². The summed E-state index contributed by atoms with van der Waals surface area (Å²) in [6.07, 6.45) is 9.55. The number of nitrogens with zero attached hydrogens (tertiary/aromatic N) is 4. The van der Waals surface area contributed by atoms with Gasteiger partial charge < -0.3 is 10.3 Å². The van der Waals surface area contributed by atoms with Crippen LogP contribution in [-0.2, 0) is 6.54 Å². The molecular formula is C29H24N6. The molecule has 6 heteroatoms. The second kappa shape index (κ2) is 8.91. The Hall–Kier alpha value is -4.71. The zero-order valence-corrected chi connectivity index (χ0v) is 19.3. The van der Waals surface area contributed by atoms with Crippen LogP contribution >= 0.6 is 0 Å². The van der Waals surface area contributed by atoms with E-state index in [1.165, 1.54) is 5.56 Å². The molecule has 0 atom stereocenters. The maximum absolute atomic E-state index is 4.64. The highest BCUT2D eigenvalue weighted by atomic mass is 15.3. The van der Waals surface area contributed by atoms with Crippen LogP contribution < -0.4 is 5.32 Å². The van der Waals surface area contributed by atoms with E-state index < -0.39 is 0 Å². The van der Waals surface area contributed by atoms with Crippen LogP contribution in [0.15, 0.2) is 104 Å². The number of anilines is 1. The van der Waals surface area contributed by atoms with Gasteiger partial charge in [0.05, 0.1) is 17.6 Å². The number of pyridine rings is 2. The van der Waals surface area contributed by atoms with Crippen molar-refractivity contribution in [2.45, 2.75) is 13.5 Å². The van der Waals surface area contributed by atoms with Crippen molar-refractivity contribution in [1.29, 1.82) is 0 Å². The molecule has 0 amide bonds. The first kappa shape index (κ1) is 20.9. The number of hydrogen-bond donors (Lipinski definition) is 2. The standard InChI is InChI=1S/C29H24N6/c1-20-8-9-26(32-16-21-5-4-6-22(13-21)27-7-2-3-11-30-27)15-28(20)35-19-25(18-34-35)24-14-23-10-12-31-29(23)33-17-24/h2-15,17-19,32H,16H2,1H3,(H,31,33). The van der Waals surface area contributed by atoms with E-state index in [0.29, 0.717) is 0 Å². The summed E-state index contributed by atoms with van der Waals surface area (Å²) in [6.45, 7) is 2.82. The summed E-state index contributed by atoms with van der Waals surface area (Å²) >= 11 is 0. The second-order valence-electron chi connectivity index (χ2n) is 8.58. The fourth-order valence-electron chi connectivity index (χ4n) is 4.25. The van der Waals surface area contributed by atoms with E-state index in [1.807, 2.05) is 53.7 Å². The predicted octanol–water partition coefficient (Wildman–Crippen LogP) is 6.40. The molecule has 4 aromatic heterocycles. The van der Waals surface area contributed by atoms with E-state index in [9.17, 15) is 0 Å². The fourth-order valence-corrected chi connectivity index (χ4v) is 4.25. The molecule has 0 unspecified atom stereocenters. The number of rotatable bonds is 6. The van der Waals surface area contributed by atoms with Crippen molar-refractivity contribution in [3.63, 3.8) is 0 Å². The minimum absolute atomic E-state index is 0.718. The van der Waals surface area contributed by atoms with E-state index in [-0.39, 0.29) is 0 Å². The minimum atomic E-state index is 0.718. The Morgan fingerprint density at radius 2 is 1.83 bits per heavy atom. The molecule has 2 N–H and O–H groups in total. The Morgan fingerprint density at radius 3 is 2.74 bits per heavy atom. The molecule has 0 spiro atoms. The first-order valence-electron chi connectivity index (χ1n) is 11.6. The molecule has 4 heterocycles. The zero-order chi connectivity index (χ0) is 23.6. The van der Waals surface area contributed by atoms with Crippen LogP contribution in [0.4, 0.5) is 5.69 Å². The smallest absolute Gasteiger partial charge is 0.137 e. The molecular weight excluding hydrogens is 432 g/mol. The lowest BCUT2D eigenvalue weighted by Crippen LogP contribution is -2.03. The summed E-state index contributed by atoms with van der Waals surface area (Å²) < 4.78 is 1.93. The summed E-state index contributed by atoms with van der Waals surface area (Å²) in [4.78, 5) is 12.1. The Kier molecular flexibility index (Phi) is 5.31. The van der Waals surface area contributed by atoms with Gasteiger partial charge in [-0.15, -0.1) is 0 Å². The van der Waals surface area contributed by atoms with Gasteiger partial charge in [-0.1, -0.05) is 30.3 Å². The third-order valence-electron chi connectivity index (χ3n) is 6.16. The number of aromatic nitrogens is 5. The second-order valence-corrected chi connectivity index (χ2v) is 8.58. The van der Waals surface area contributed by atoms with Gasteiger partial charge >= 0.3 is 0 Å². The van der Waals surface area contributed by atoms with Crippen LogP contribution in [0.1, 0.15) is 11.1 Å². The average Bonchev–Trinajstić information content (AvgIpc) is 3.58. The molecule has 6 rings (SSSR count). The molecule has 0 fully saturated rings. The third kappa shape index (κ3) is 4.29. The van der Waals surface area contributed by atoms with E-state index >= 15 is 0 Å². The molecule has 6 aromatic rings. The van der Waals surface area contributed by atoms with Crippen LogP contribution in [-0.4, -0.2) is 24.7 Å². The van der Waals surface area contributed by atoms with Gasteiger partial charge in [0.25, 0.3) is 0 Å². The predicted molar refractivity (Wildman–Crippen MR) is 140 cm³/mol. The van der Waals surface area contributed by atoms with Crippen molar-refractivity contribution >= 4 is 16.7 Å². The van der Waals surface area contributed by atoms with Gasteiger partial charge in [0.15, 0.2) is 0 Å². The van der Waals surface area contributed by atoms with Crippen molar-refractivity contribution in [2.75, 3.05) is 5.32 Å². The third-order valence-corrected chi connectivity index (χ3v) is 6.16. The summed E-state index contributed by atoms with van der Waals surface area (Å²) in [5, 5.41) is 9.29. The van der Waals surface area contributed by atoms with Gasteiger partial charge in [-0.2, -0.15) is 5.10 Å². The lowest BCUT2D eigenvalue weighted by atomic mass is 10.1. The van der Waals surface area contributed by atoms with E-state index in [4.69, 9.17) is 0 Å². The SMILES string of the molecule is Cc1ccc(NCc2cccc(-c3ccccn3)c2)cc1-n1cc(-c2cnc3[nH]ccc3c2)cn1. The van der Waals surface area contributed by atoms with Crippen LogP contribution in [0.2, 0.25) is 0 Å². The number of aromatic amines is 1. The molecule has 0 aliphatic carbocycles. The number of fused-ring (bicyclic) bond motifs is 1. The van der Waals surface area contributed by atoms with E-state index in [2.05, 4.69) is 87.0 Å². The number of H-pyrrole nitrogens is 1. The minimum Gasteiger partial charge on any atom is -0.381 e. The van der Waals surface area contributed by atoms with Crippen molar-refractivity contribution in [1.82, 2.24) is 24.7 Å². The number of benzene rings is 2. The highest BCUT2D eigenvalue weighted by Crippen LogP contribution is 2.25. The van der Waals surface area contributed by atoms with Crippen LogP contribution in [0.3, 0.4) is 0 Å². The van der Waals surface area contributed by atoms with Gasteiger partial charge in [-0.25, -0.2) is 9.67 Å². The number of aryl methyl sites for hydroxylation is 1. The summed E-state index contributed by atoms with van der Waals surface area (Å²) in [6, 6.07) is 25.0. The Labute approximate surface area is 203 Å². The van der Waals surface area contributed by atoms with Crippen molar-refractivity contribution in [3.05, 3.63) is 115 Å². The first-order valence-corrected chi connectivity index (χ1v) is 11.6. The lowest BCUT2D eigenvalue weighted by Gasteiger charge is -2.12. The van der Waals surface area contributed by atoms with Crippen molar-refractivity contribution in [2.24, 2.45) is 0 Å². The topological polar surface area (TPSA) is 71.4 Å². The molecule has 6 nitrogen and oxygen atoms in total. The molecule has 0 saturated carbocycles. The van der Waals surface area contributed by atoms with Gasteiger partial charge in [0, 0.05) is 59.1 Å². The molecule has 35 heavy (non-hydrogen) atoms. The summed E-state index contributed by atoms with van der Waals surface area (Å²) in [5.74, 6) is 0. The molecule has 0 aliphatic rings. The van der Waals surface area contributed by atoms with Crippen LogP contribution in [0.25, 0.3) is 39.1 Å². The van der Waals surface area contributed by atoms with Gasteiger partial charge in [-0.3, -0.25) is 4.98 Å². The van der Waals surface area contributed by atoms with E-state index in [1.54, 1.807) is 0 Å². The molecule has 2 aromatic carbocycles. The normalized spacial score (nSPS) is 11.1. The molecule has 0 saturated heterocycles. The quantitative estimate of drug-likeness (QED) is 0.304. The van der Waals surface area contributed by atoms with E-state index in [0.717, 1.165) is 56.9 Å².